The van der Waals surface area contributed by atoms with Gasteiger partial charge in [0.15, 0.2) is 0 Å². The molecule has 1 amide bonds. The van der Waals surface area contributed by atoms with Crippen molar-refractivity contribution < 1.29 is 4.79 Å². The van der Waals surface area contributed by atoms with Crippen LogP contribution >= 0.6 is 11.8 Å². The molecule has 1 aromatic rings. The molecule has 7 nitrogen and oxygen atoms in total. The molecule has 0 saturated carbocycles. The second-order valence-corrected chi connectivity index (χ2v) is 6.97. The van der Waals surface area contributed by atoms with E-state index in [4.69, 9.17) is 0 Å². The van der Waals surface area contributed by atoms with Gasteiger partial charge in [0.1, 0.15) is 11.6 Å². The maximum absolute atomic E-state index is 11.6. The molecular weight excluding hydrogens is 348 g/mol. The summed E-state index contributed by atoms with van der Waals surface area (Å²) in [5.74, 6) is 0.741. The molecule has 2 N–H and O–H groups in total. The number of nitrogens with zero attached hydrogens (tertiary/aromatic N) is 4. The van der Waals surface area contributed by atoms with Crippen LogP contribution in [0.3, 0.4) is 0 Å². The predicted molar refractivity (Wildman–Crippen MR) is 103 cm³/mol. The van der Waals surface area contributed by atoms with Crippen molar-refractivity contribution in [2.24, 2.45) is 0 Å². The molecule has 0 aliphatic carbocycles. The number of rotatable bonds is 7. The molecule has 8 heteroatoms. The average Bonchev–Trinajstić information content (AvgIpc) is 3.29. The van der Waals surface area contributed by atoms with E-state index in [0.29, 0.717) is 30.2 Å². The van der Waals surface area contributed by atoms with Gasteiger partial charge in [0, 0.05) is 37.9 Å². The highest BCUT2D eigenvalue weighted by Gasteiger charge is 2.19. The van der Waals surface area contributed by atoms with Crippen LogP contribution in [0.15, 0.2) is 28.4 Å². The first kappa shape index (κ1) is 18.3. The maximum Gasteiger partial charge on any atom is 0.223 e. The molecule has 3 heterocycles. The summed E-state index contributed by atoms with van der Waals surface area (Å²) in [6.45, 7) is 4.37. The first-order chi connectivity index (χ1) is 12.7. The summed E-state index contributed by atoms with van der Waals surface area (Å²) in [5, 5.41) is 18.8. The van der Waals surface area contributed by atoms with E-state index in [1.54, 1.807) is 12.3 Å². The number of carbonyl (C=O) groups is 1. The Morgan fingerprint density at radius 2 is 2.42 bits per heavy atom. The molecule has 0 spiro atoms. The second-order valence-electron chi connectivity index (χ2n) is 6.09. The lowest BCUT2D eigenvalue weighted by Crippen LogP contribution is -2.27. The van der Waals surface area contributed by atoms with Gasteiger partial charge in [0.2, 0.25) is 11.9 Å². The van der Waals surface area contributed by atoms with E-state index in [-0.39, 0.29) is 5.91 Å². The molecule has 0 aromatic carbocycles. The van der Waals surface area contributed by atoms with Crippen LogP contribution in [-0.2, 0) is 4.79 Å². The van der Waals surface area contributed by atoms with Crippen molar-refractivity contribution in [2.45, 2.75) is 32.6 Å². The van der Waals surface area contributed by atoms with Crippen LogP contribution in [0.1, 0.15) is 38.3 Å². The number of thioether (sulfide) groups is 1. The van der Waals surface area contributed by atoms with Gasteiger partial charge in [-0.15, -0.1) is 0 Å². The Morgan fingerprint density at radius 3 is 3.12 bits per heavy atom. The number of carbonyl (C=O) groups excluding carboxylic acids is 1. The summed E-state index contributed by atoms with van der Waals surface area (Å²) >= 11 is 1.51. The second kappa shape index (κ2) is 8.72. The molecule has 2 aliphatic rings. The number of allylic oxidation sites excluding steroid dienone is 2. The van der Waals surface area contributed by atoms with E-state index in [0.717, 1.165) is 43.1 Å². The van der Waals surface area contributed by atoms with E-state index in [9.17, 15) is 10.1 Å². The zero-order chi connectivity index (χ0) is 18.4. The molecule has 0 bridgehead atoms. The minimum Gasteiger partial charge on any atom is -0.354 e. The zero-order valence-corrected chi connectivity index (χ0v) is 15.6. The van der Waals surface area contributed by atoms with Gasteiger partial charge in [0.25, 0.3) is 0 Å². The third kappa shape index (κ3) is 4.35. The highest BCUT2D eigenvalue weighted by molar-refractivity contribution is 8.06. The number of likely N-dealkylation sites (tertiary alicyclic amines) is 1. The van der Waals surface area contributed by atoms with Gasteiger partial charge < -0.3 is 15.5 Å². The number of aromatic nitrogens is 2. The number of anilines is 1. The molecule has 26 heavy (non-hydrogen) atoms. The lowest BCUT2D eigenvalue weighted by molar-refractivity contribution is -0.127. The molecule has 3 rings (SSSR count). The lowest BCUT2D eigenvalue weighted by Gasteiger charge is -2.15. The molecule has 0 unspecified atom stereocenters. The zero-order valence-electron chi connectivity index (χ0n) is 14.8. The fourth-order valence-electron chi connectivity index (χ4n) is 2.85. The number of hydrogen-bond acceptors (Lipinski definition) is 7. The van der Waals surface area contributed by atoms with Gasteiger partial charge in [-0.25, -0.2) is 9.97 Å². The van der Waals surface area contributed by atoms with Crippen LogP contribution < -0.4 is 10.6 Å². The summed E-state index contributed by atoms with van der Waals surface area (Å²) < 4.78 is 0. The fourth-order valence-corrected chi connectivity index (χ4v) is 3.79. The Balaban J connectivity index is 1.58. The highest BCUT2D eigenvalue weighted by atomic mass is 32.2. The molecule has 1 fully saturated rings. The van der Waals surface area contributed by atoms with E-state index in [2.05, 4.69) is 33.6 Å². The summed E-state index contributed by atoms with van der Waals surface area (Å²) in [7, 11) is 0. The Bertz CT molecular complexity index is 782. The first-order valence-electron chi connectivity index (χ1n) is 8.83. The third-order valence-corrected chi connectivity index (χ3v) is 5.23. The smallest absolute Gasteiger partial charge is 0.223 e. The van der Waals surface area contributed by atoms with Crippen LogP contribution in [-0.4, -0.2) is 40.4 Å². The summed E-state index contributed by atoms with van der Waals surface area (Å²) in [4.78, 5) is 22.2. The number of nitrogens with one attached hydrogen (secondary N) is 2. The van der Waals surface area contributed by atoms with Crippen molar-refractivity contribution in [3.8, 4) is 6.07 Å². The Hall–Kier alpha value is -2.53. The number of amides is 1. The van der Waals surface area contributed by atoms with Gasteiger partial charge in [-0.1, -0.05) is 18.7 Å². The molecule has 1 saturated heterocycles. The maximum atomic E-state index is 11.6. The van der Waals surface area contributed by atoms with Crippen molar-refractivity contribution in [3.63, 3.8) is 0 Å². The van der Waals surface area contributed by atoms with E-state index < -0.39 is 0 Å². The van der Waals surface area contributed by atoms with Gasteiger partial charge in [-0.3, -0.25) is 4.79 Å². The molecule has 1 aromatic heterocycles. The van der Waals surface area contributed by atoms with Crippen molar-refractivity contribution >= 4 is 29.2 Å². The van der Waals surface area contributed by atoms with Gasteiger partial charge in [-0.05, 0) is 30.7 Å². The van der Waals surface area contributed by atoms with Gasteiger partial charge in [-0.2, -0.15) is 5.26 Å². The van der Waals surface area contributed by atoms with Crippen LogP contribution in [0.25, 0.3) is 5.57 Å². The Labute approximate surface area is 157 Å². The monoisotopic (exact) mass is 370 g/mol. The van der Waals surface area contributed by atoms with Crippen molar-refractivity contribution in [1.82, 2.24) is 20.2 Å². The SMILES string of the molecule is CCC1=CS/C(=C(\C#N)c2ccnc(NCCCN3CCCC3=O)n2)N1. The molecule has 0 radical (unpaired) electrons. The van der Waals surface area contributed by atoms with Crippen molar-refractivity contribution in [3.05, 3.63) is 34.1 Å². The standard InChI is InChI=1S/C18H22N6OS/c1-2-13-12-26-17(22-13)14(11-19)15-6-8-21-18(23-15)20-7-4-10-24-9-3-5-16(24)25/h6,8,12,22H,2-5,7,9-10H2,1H3,(H,20,21,23)/b17-14+. The average molecular weight is 370 g/mol. The van der Waals surface area contributed by atoms with Gasteiger partial charge >= 0.3 is 0 Å². The molecule has 2 aliphatic heterocycles. The van der Waals surface area contributed by atoms with Gasteiger partial charge in [0.05, 0.1) is 10.7 Å². The van der Waals surface area contributed by atoms with Crippen molar-refractivity contribution in [2.75, 3.05) is 25.0 Å². The number of nitriles is 1. The highest BCUT2D eigenvalue weighted by Crippen LogP contribution is 2.31. The van der Waals surface area contributed by atoms with E-state index in [1.165, 1.54) is 11.8 Å². The summed E-state index contributed by atoms with van der Waals surface area (Å²) in [6.07, 6.45) is 5.02. The van der Waals surface area contributed by atoms with Crippen LogP contribution in [0.4, 0.5) is 5.95 Å². The third-order valence-electron chi connectivity index (χ3n) is 4.28. The first-order valence-corrected chi connectivity index (χ1v) is 9.71. The molecule has 0 atom stereocenters. The predicted octanol–water partition coefficient (Wildman–Crippen LogP) is 2.68. The van der Waals surface area contributed by atoms with Crippen LogP contribution in [0, 0.1) is 11.3 Å². The topological polar surface area (TPSA) is 93.9 Å². The fraction of sp³-hybridized carbons (Fsp3) is 0.444. The quantitative estimate of drug-likeness (QED) is 0.563. The van der Waals surface area contributed by atoms with E-state index >= 15 is 0 Å². The van der Waals surface area contributed by atoms with Crippen LogP contribution in [0.5, 0.6) is 0 Å². The number of hydrogen-bond donors (Lipinski definition) is 2. The Kier molecular flexibility index (Phi) is 6.12. The molecule has 136 valence electrons. The van der Waals surface area contributed by atoms with Crippen molar-refractivity contribution in [1.29, 1.82) is 5.26 Å². The normalized spacial score (nSPS) is 18.4. The largest absolute Gasteiger partial charge is 0.354 e. The lowest BCUT2D eigenvalue weighted by atomic mass is 10.2. The minimum absolute atomic E-state index is 0.246. The minimum atomic E-state index is 0.246. The Morgan fingerprint density at radius 1 is 1.54 bits per heavy atom. The van der Waals surface area contributed by atoms with E-state index in [1.807, 2.05) is 10.3 Å². The summed E-state index contributed by atoms with van der Waals surface area (Å²) in [6, 6.07) is 3.98. The molecular formula is C18H22N6OS. The summed E-state index contributed by atoms with van der Waals surface area (Å²) in [5.41, 5.74) is 2.21. The van der Waals surface area contributed by atoms with Crippen LogP contribution in [0.2, 0.25) is 0 Å².